The fourth-order valence-corrected chi connectivity index (χ4v) is 2.25. The molecule has 0 spiro atoms. The number of nitrogens with one attached hydrogen (secondary N) is 1. The number of hydrogen-bond donors (Lipinski definition) is 2. The largest absolute Gasteiger partial charge is 0.481 e. The normalized spacial score (nSPS) is 11.2. The SMILES string of the molecule is CCC(CC)(CNC(=O)c1cccc(Cl)c1C)C(=O)O. The van der Waals surface area contributed by atoms with E-state index in [4.69, 9.17) is 11.6 Å². The highest BCUT2D eigenvalue weighted by atomic mass is 35.5. The molecule has 0 saturated heterocycles. The minimum absolute atomic E-state index is 0.111. The van der Waals surface area contributed by atoms with Gasteiger partial charge in [0.05, 0.1) is 5.41 Å². The Morgan fingerprint density at radius 2 is 1.90 bits per heavy atom. The van der Waals surface area contributed by atoms with Crippen molar-refractivity contribution in [2.24, 2.45) is 5.41 Å². The summed E-state index contributed by atoms with van der Waals surface area (Å²) in [7, 11) is 0. The number of carboxylic acid groups (broad SMARTS) is 1. The lowest BCUT2D eigenvalue weighted by Gasteiger charge is -2.27. The van der Waals surface area contributed by atoms with Crippen molar-refractivity contribution in [2.75, 3.05) is 6.54 Å². The highest BCUT2D eigenvalue weighted by Gasteiger charge is 2.35. The Hall–Kier alpha value is -1.55. The first-order valence-corrected chi connectivity index (χ1v) is 7.02. The molecular formula is C15H20ClNO3. The summed E-state index contributed by atoms with van der Waals surface area (Å²) in [6.07, 6.45) is 0.932. The number of carboxylic acids is 1. The van der Waals surface area contributed by atoms with Crippen LogP contribution in [0, 0.1) is 12.3 Å². The summed E-state index contributed by atoms with van der Waals surface area (Å²) >= 11 is 5.98. The molecule has 4 nitrogen and oxygen atoms in total. The number of hydrogen-bond acceptors (Lipinski definition) is 2. The highest BCUT2D eigenvalue weighted by molar-refractivity contribution is 6.31. The number of amides is 1. The van der Waals surface area contributed by atoms with Crippen LogP contribution in [0.4, 0.5) is 0 Å². The van der Waals surface area contributed by atoms with Gasteiger partial charge in [-0.1, -0.05) is 31.5 Å². The van der Waals surface area contributed by atoms with Gasteiger partial charge >= 0.3 is 5.97 Å². The quantitative estimate of drug-likeness (QED) is 0.847. The first-order chi connectivity index (χ1) is 9.38. The van der Waals surface area contributed by atoms with Gasteiger partial charge in [-0.05, 0) is 37.5 Å². The molecule has 0 aliphatic heterocycles. The Morgan fingerprint density at radius 3 is 2.40 bits per heavy atom. The predicted octanol–water partition coefficient (Wildman–Crippen LogP) is 3.27. The van der Waals surface area contributed by atoms with Crippen molar-refractivity contribution in [3.05, 3.63) is 34.3 Å². The minimum Gasteiger partial charge on any atom is -0.481 e. The van der Waals surface area contributed by atoms with E-state index < -0.39 is 11.4 Å². The second-order valence-electron chi connectivity index (χ2n) is 4.89. The smallest absolute Gasteiger partial charge is 0.311 e. The summed E-state index contributed by atoms with van der Waals surface area (Å²) in [5.74, 6) is -1.18. The zero-order valence-corrected chi connectivity index (χ0v) is 12.8. The van der Waals surface area contributed by atoms with Crippen LogP contribution >= 0.6 is 11.6 Å². The van der Waals surface area contributed by atoms with E-state index >= 15 is 0 Å². The van der Waals surface area contributed by atoms with E-state index in [1.54, 1.807) is 25.1 Å². The summed E-state index contributed by atoms with van der Waals surface area (Å²) < 4.78 is 0. The van der Waals surface area contributed by atoms with Crippen LogP contribution in [-0.2, 0) is 4.79 Å². The third kappa shape index (κ3) is 3.31. The average molecular weight is 298 g/mol. The van der Waals surface area contributed by atoms with Crippen molar-refractivity contribution in [3.8, 4) is 0 Å². The zero-order chi connectivity index (χ0) is 15.3. The molecule has 0 aliphatic rings. The molecule has 0 bridgehead atoms. The number of aliphatic carboxylic acids is 1. The summed E-state index contributed by atoms with van der Waals surface area (Å²) in [5.41, 5.74) is 0.256. The second kappa shape index (κ2) is 6.75. The number of carbonyl (C=O) groups excluding carboxylic acids is 1. The minimum atomic E-state index is -0.915. The molecule has 1 aromatic rings. The molecule has 110 valence electrons. The molecular weight excluding hydrogens is 278 g/mol. The number of rotatable bonds is 6. The van der Waals surface area contributed by atoms with E-state index in [1.807, 2.05) is 13.8 Å². The van der Waals surface area contributed by atoms with Crippen LogP contribution < -0.4 is 5.32 Å². The van der Waals surface area contributed by atoms with Gasteiger partial charge in [0.25, 0.3) is 5.91 Å². The number of carbonyl (C=O) groups is 2. The Balaban J connectivity index is 2.86. The van der Waals surface area contributed by atoms with Gasteiger partial charge in [0.1, 0.15) is 0 Å². The first-order valence-electron chi connectivity index (χ1n) is 6.64. The molecule has 0 fully saturated rings. The molecule has 0 saturated carbocycles. The molecule has 0 atom stereocenters. The van der Waals surface area contributed by atoms with Crippen LogP contribution in [0.1, 0.15) is 42.6 Å². The van der Waals surface area contributed by atoms with E-state index in [-0.39, 0.29) is 12.5 Å². The maximum atomic E-state index is 12.2. The fraction of sp³-hybridized carbons (Fsp3) is 0.467. The van der Waals surface area contributed by atoms with Gasteiger partial charge in [-0.3, -0.25) is 9.59 Å². The Labute approximate surface area is 124 Å². The molecule has 0 unspecified atom stereocenters. The molecule has 0 radical (unpaired) electrons. The van der Waals surface area contributed by atoms with Gasteiger partial charge in [-0.2, -0.15) is 0 Å². The zero-order valence-electron chi connectivity index (χ0n) is 12.0. The van der Waals surface area contributed by atoms with Crippen LogP contribution in [0.15, 0.2) is 18.2 Å². The Morgan fingerprint density at radius 1 is 1.30 bits per heavy atom. The van der Waals surface area contributed by atoms with Gasteiger partial charge in [-0.15, -0.1) is 0 Å². The van der Waals surface area contributed by atoms with Gasteiger partial charge < -0.3 is 10.4 Å². The predicted molar refractivity (Wildman–Crippen MR) is 79.2 cm³/mol. The Bertz CT molecular complexity index is 510. The summed E-state index contributed by atoms with van der Waals surface area (Å²) in [4.78, 5) is 23.5. The van der Waals surface area contributed by atoms with Crippen molar-refractivity contribution in [1.82, 2.24) is 5.32 Å². The van der Waals surface area contributed by atoms with Gasteiger partial charge in [0.2, 0.25) is 0 Å². The summed E-state index contributed by atoms with van der Waals surface area (Å²) in [5, 5.41) is 12.6. The first kappa shape index (κ1) is 16.5. The van der Waals surface area contributed by atoms with Crippen LogP contribution in [0.3, 0.4) is 0 Å². The standard InChI is InChI=1S/C15H20ClNO3/c1-4-15(5-2,14(19)20)9-17-13(18)11-7-6-8-12(16)10(11)3/h6-8H,4-5,9H2,1-3H3,(H,17,18)(H,19,20). The third-order valence-corrected chi connectivity index (χ3v) is 4.32. The summed E-state index contributed by atoms with van der Waals surface area (Å²) in [6.45, 7) is 5.50. The average Bonchev–Trinajstić information content (AvgIpc) is 2.43. The molecule has 0 aromatic heterocycles. The number of halogens is 1. The van der Waals surface area contributed by atoms with Gasteiger partial charge in [-0.25, -0.2) is 0 Å². The van der Waals surface area contributed by atoms with Crippen LogP contribution in [0.25, 0.3) is 0 Å². The second-order valence-corrected chi connectivity index (χ2v) is 5.29. The molecule has 5 heteroatoms. The van der Waals surface area contributed by atoms with Crippen molar-refractivity contribution in [1.29, 1.82) is 0 Å². The maximum Gasteiger partial charge on any atom is 0.311 e. The molecule has 0 aliphatic carbocycles. The monoisotopic (exact) mass is 297 g/mol. The van der Waals surface area contributed by atoms with Crippen molar-refractivity contribution in [2.45, 2.75) is 33.6 Å². The molecule has 1 aromatic carbocycles. The molecule has 0 heterocycles. The molecule has 1 amide bonds. The topological polar surface area (TPSA) is 66.4 Å². The maximum absolute atomic E-state index is 12.2. The van der Waals surface area contributed by atoms with Gasteiger partial charge in [0, 0.05) is 17.1 Å². The van der Waals surface area contributed by atoms with Crippen LogP contribution in [0.2, 0.25) is 5.02 Å². The molecule has 2 N–H and O–H groups in total. The van der Waals surface area contributed by atoms with Gasteiger partial charge in [0.15, 0.2) is 0 Å². The van der Waals surface area contributed by atoms with E-state index in [9.17, 15) is 14.7 Å². The van der Waals surface area contributed by atoms with E-state index in [0.717, 1.165) is 0 Å². The van der Waals surface area contributed by atoms with Crippen LogP contribution in [0.5, 0.6) is 0 Å². The lowest BCUT2D eigenvalue weighted by molar-refractivity contribution is -0.149. The van der Waals surface area contributed by atoms with E-state index in [0.29, 0.717) is 29.0 Å². The van der Waals surface area contributed by atoms with E-state index in [2.05, 4.69) is 5.32 Å². The fourth-order valence-electron chi connectivity index (χ4n) is 2.08. The van der Waals surface area contributed by atoms with Crippen molar-refractivity contribution < 1.29 is 14.7 Å². The third-order valence-electron chi connectivity index (χ3n) is 3.91. The van der Waals surface area contributed by atoms with Crippen molar-refractivity contribution in [3.63, 3.8) is 0 Å². The Kier molecular flexibility index (Phi) is 5.57. The molecule has 1 rings (SSSR count). The van der Waals surface area contributed by atoms with Crippen molar-refractivity contribution >= 4 is 23.5 Å². The number of benzene rings is 1. The highest BCUT2D eigenvalue weighted by Crippen LogP contribution is 2.26. The molecule has 20 heavy (non-hydrogen) atoms. The lowest BCUT2D eigenvalue weighted by Crippen LogP contribution is -2.42. The van der Waals surface area contributed by atoms with E-state index in [1.165, 1.54) is 0 Å². The summed E-state index contributed by atoms with van der Waals surface area (Å²) in [6, 6.07) is 5.10. The lowest BCUT2D eigenvalue weighted by atomic mass is 9.82. The van der Waals surface area contributed by atoms with Crippen LogP contribution in [-0.4, -0.2) is 23.5 Å².